The lowest BCUT2D eigenvalue weighted by Gasteiger charge is -2.13. The standard InChI is InChI=1S/C14H19N5O3/c1-8(20)7-11(21)18-19-13-9-5-4-6-10(22-3)12(9)16-14(15-2)17-13/h4-6,8,20H,7H2,1-3H3,(H,18,21)(H2,15,16,17,19). The van der Waals surface area contributed by atoms with Gasteiger partial charge in [0.2, 0.25) is 11.9 Å². The third-order valence-corrected chi connectivity index (χ3v) is 2.93. The second kappa shape index (κ2) is 6.90. The molecule has 22 heavy (non-hydrogen) atoms. The summed E-state index contributed by atoms with van der Waals surface area (Å²) in [5, 5.41) is 12.8. The minimum atomic E-state index is -0.711. The molecule has 1 aromatic carbocycles. The number of rotatable bonds is 6. The van der Waals surface area contributed by atoms with Gasteiger partial charge in [-0.3, -0.25) is 15.6 Å². The van der Waals surface area contributed by atoms with E-state index in [0.29, 0.717) is 28.4 Å². The molecular weight excluding hydrogens is 286 g/mol. The smallest absolute Gasteiger partial charge is 0.240 e. The number of anilines is 2. The van der Waals surface area contributed by atoms with Crippen molar-refractivity contribution in [1.82, 2.24) is 15.4 Å². The fraction of sp³-hybridized carbons (Fsp3) is 0.357. The minimum Gasteiger partial charge on any atom is -0.494 e. The third kappa shape index (κ3) is 3.53. The van der Waals surface area contributed by atoms with E-state index in [1.54, 1.807) is 27.1 Å². The van der Waals surface area contributed by atoms with Gasteiger partial charge in [-0.05, 0) is 19.1 Å². The van der Waals surface area contributed by atoms with Crippen LogP contribution < -0.4 is 20.9 Å². The lowest BCUT2D eigenvalue weighted by atomic mass is 10.2. The number of amides is 1. The second-order valence-electron chi connectivity index (χ2n) is 4.73. The number of aliphatic hydroxyl groups excluding tert-OH is 1. The van der Waals surface area contributed by atoms with Crippen molar-refractivity contribution < 1.29 is 14.6 Å². The first-order valence-electron chi connectivity index (χ1n) is 6.80. The first-order valence-corrected chi connectivity index (χ1v) is 6.80. The summed E-state index contributed by atoms with van der Waals surface area (Å²) in [6.45, 7) is 1.55. The number of methoxy groups -OCH3 is 1. The molecule has 0 aliphatic carbocycles. The number of hydrogen-bond donors (Lipinski definition) is 4. The number of aliphatic hydroxyl groups is 1. The van der Waals surface area contributed by atoms with E-state index in [4.69, 9.17) is 4.74 Å². The number of hydrazine groups is 1. The van der Waals surface area contributed by atoms with E-state index < -0.39 is 6.10 Å². The van der Waals surface area contributed by atoms with Gasteiger partial charge in [0.25, 0.3) is 0 Å². The van der Waals surface area contributed by atoms with Crippen LogP contribution in [0.1, 0.15) is 13.3 Å². The van der Waals surface area contributed by atoms with E-state index in [0.717, 1.165) is 0 Å². The number of aromatic nitrogens is 2. The molecule has 1 unspecified atom stereocenters. The summed E-state index contributed by atoms with van der Waals surface area (Å²) < 4.78 is 5.29. The maximum atomic E-state index is 11.6. The van der Waals surface area contributed by atoms with Gasteiger partial charge in [0.15, 0.2) is 5.82 Å². The molecule has 1 heterocycles. The molecule has 8 nitrogen and oxygen atoms in total. The zero-order chi connectivity index (χ0) is 16.1. The number of nitrogens with one attached hydrogen (secondary N) is 3. The van der Waals surface area contributed by atoms with Gasteiger partial charge in [-0.1, -0.05) is 6.07 Å². The molecule has 2 aromatic rings. The maximum Gasteiger partial charge on any atom is 0.240 e. The highest BCUT2D eigenvalue weighted by Gasteiger charge is 2.12. The third-order valence-electron chi connectivity index (χ3n) is 2.93. The molecule has 0 bridgehead atoms. The van der Waals surface area contributed by atoms with Gasteiger partial charge in [-0.2, -0.15) is 4.98 Å². The Labute approximate surface area is 127 Å². The van der Waals surface area contributed by atoms with Crippen molar-refractivity contribution in [3.8, 4) is 5.75 Å². The molecule has 0 saturated carbocycles. The lowest BCUT2D eigenvalue weighted by Crippen LogP contribution is -2.32. The summed E-state index contributed by atoms with van der Waals surface area (Å²) in [6, 6.07) is 5.43. The molecule has 8 heteroatoms. The summed E-state index contributed by atoms with van der Waals surface area (Å²) in [6.07, 6.45) is -0.713. The van der Waals surface area contributed by atoms with Crippen LogP contribution in [0.2, 0.25) is 0 Å². The van der Waals surface area contributed by atoms with Crippen molar-refractivity contribution in [1.29, 1.82) is 0 Å². The zero-order valence-electron chi connectivity index (χ0n) is 12.7. The van der Waals surface area contributed by atoms with Crippen molar-refractivity contribution in [2.75, 3.05) is 24.9 Å². The van der Waals surface area contributed by atoms with Crippen molar-refractivity contribution in [2.45, 2.75) is 19.4 Å². The Kier molecular flexibility index (Phi) is 4.95. The summed E-state index contributed by atoms with van der Waals surface area (Å²) in [4.78, 5) is 20.3. The van der Waals surface area contributed by atoms with Gasteiger partial charge in [0, 0.05) is 12.4 Å². The summed E-state index contributed by atoms with van der Waals surface area (Å²) in [5.74, 6) is 1.10. The van der Waals surface area contributed by atoms with Gasteiger partial charge in [-0.25, -0.2) is 4.98 Å². The maximum absolute atomic E-state index is 11.6. The van der Waals surface area contributed by atoms with E-state index in [1.807, 2.05) is 12.1 Å². The molecule has 1 atom stereocenters. The molecule has 2 rings (SSSR count). The Bertz CT molecular complexity index is 675. The molecule has 4 N–H and O–H groups in total. The summed E-state index contributed by atoms with van der Waals surface area (Å²) in [7, 11) is 3.26. The Balaban J connectivity index is 2.33. The summed E-state index contributed by atoms with van der Waals surface area (Å²) >= 11 is 0. The van der Waals surface area contributed by atoms with E-state index in [1.165, 1.54) is 0 Å². The zero-order valence-corrected chi connectivity index (χ0v) is 12.7. The van der Waals surface area contributed by atoms with Gasteiger partial charge < -0.3 is 15.2 Å². The van der Waals surface area contributed by atoms with Crippen LogP contribution in [0.5, 0.6) is 5.75 Å². The second-order valence-corrected chi connectivity index (χ2v) is 4.73. The number of ether oxygens (including phenoxy) is 1. The van der Waals surface area contributed by atoms with Gasteiger partial charge in [-0.15, -0.1) is 0 Å². The highest BCUT2D eigenvalue weighted by atomic mass is 16.5. The number of carbonyl (C=O) groups excluding carboxylic acids is 1. The van der Waals surface area contributed by atoms with Crippen LogP contribution in [0, 0.1) is 0 Å². The van der Waals surface area contributed by atoms with Crippen molar-refractivity contribution >= 4 is 28.6 Å². The molecule has 1 aromatic heterocycles. The van der Waals surface area contributed by atoms with Crippen LogP contribution in [-0.4, -0.2) is 41.2 Å². The van der Waals surface area contributed by atoms with E-state index in [9.17, 15) is 9.90 Å². The molecule has 0 radical (unpaired) electrons. The first-order chi connectivity index (χ1) is 10.5. The van der Waals surface area contributed by atoms with Crippen LogP contribution in [-0.2, 0) is 4.79 Å². The SMILES string of the molecule is CNc1nc(NNC(=O)CC(C)O)c2cccc(OC)c2n1. The molecule has 0 aliphatic heterocycles. The average Bonchev–Trinajstić information content (AvgIpc) is 2.50. The Morgan fingerprint density at radius 1 is 1.41 bits per heavy atom. The number of carbonyl (C=O) groups is 1. The van der Waals surface area contributed by atoms with Crippen molar-refractivity contribution in [3.63, 3.8) is 0 Å². The van der Waals surface area contributed by atoms with Gasteiger partial charge in [0.1, 0.15) is 11.3 Å². The van der Waals surface area contributed by atoms with Crippen LogP contribution in [0.25, 0.3) is 10.9 Å². The van der Waals surface area contributed by atoms with Crippen LogP contribution in [0.3, 0.4) is 0 Å². The largest absolute Gasteiger partial charge is 0.494 e. The monoisotopic (exact) mass is 305 g/mol. The number of nitrogens with zero attached hydrogens (tertiary/aromatic N) is 2. The molecule has 0 fully saturated rings. The van der Waals surface area contributed by atoms with Crippen molar-refractivity contribution in [2.24, 2.45) is 0 Å². The quantitative estimate of drug-likeness (QED) is 0.587. The van der Waals surface area contributed by atoms with Crippen LogP contribution in [0.15, 0.2) is 18.2 Å². The van der Waals surface area contributed by atoms with E-state index >= 15 is 0 Å². The number of fused-ring (bicyclic) bond motifs is 1. The Morgan fingerprint density at radius 3 is 2.82 bits per heavy atom. The predicted molar refractivity (Wildman–Crippen MR) is 83.7 cm³/mol. The number of hydrogen-bond acceptors (Lipinski definition) is 7. The molecule has 0 saturated heterocycles. The topological polar surface area (TPSA) is 108 Å². The highest BCUT2D eigenvalue weighted by Crippen LogP contribution is 2.28. The van der Waals surface area contributed by atoms with Crippen molar-refractivity contribution in [3.05, 3.63) is 18.2 Å². The lowest BCUT2D eigenvalue weighted by molar-refractivity contribution is -0.122. The van der Waals surface area contributed by atoms with Crippen LogP contribution >= 0.6 is 0 Å². The van der Waals surface area contributed by atoms with Gasteiger partial charge >= 0.3 is 0 Å². The minimum absolute atomic E-state index is 0.00176. The first kappa shape index (κ1) is 15.8. The normalized spacial score (nSPS) is 11.8. The fourth-order valence-corrected chi connectivity index (χ4v) is 1.95. The molecular formula is C14H19N5O3. The fourth-order valence-electron chi connectivity index (χ4n) is 1.95. The molecule has 1 amide bonds. The Hall–Kier alpha value is -2.61. The van der Waals surface area contributed by atoms with Crippen LogP contribution in [0.4, 0.5) is 11.8 Å². The highest BCUT2D eigenvalue weighted by molar-refractivity contribution is 5.94. The number of benzene rings is 1. The number of para-hydroxylation sites is 1. The Morgan fingerprint density at radius 2 is 2.18 bits per heavy atom. The predicted octanol–water partition coefficient (Wildman–Crippen LogP) is 0.894. The summed E-state index contributed by atoms with van der Waals surface area (Å²) in [5.41, 5.74) is 5.89. The van der Waals surface area contributed by atoms with E-state index in [-0.39, 0.29) is 12.3 Å². The van der Waals surface area contributed by atoms with E-state index in [2.05, 4.69) is 26.1 Å². The molecule has 118 valence electrons. The molecule has 0 spiro atoms. The average molecular weight is 305 g/mol. The molecule has 0 aliphatic rings. The van der Waals surface area contributed by atoms with Gasteiger partial charge in [0.05, 0.1) is 19.6 Å².